The molecule has 0 unspecified atom stereocenters. The van der Waals surface area contributed by atoms with Crippen LogP contribution in [0.3, 0.4) is 0 Å². The number of aliphatic hydroxyl groups excluding tert-OH is 1. The standard InChI is InChI=1S/C24H26FN5O3S/c1-16-26-21-12-18(6-7-22(21)34-16)32-15-17(31)13-29-8-10-30(11-9-29)14-23-27-24(33-28-23)19-4-2-3-5-20(19)25/h2-7,12,17,31H,8-11,13-15H2,1H3/t17-/m1/s1. The van der Waals surface area contributed by atoms with Crippen LogP contribution in [0.4, 0.5) is 4.39 Å². The fraction of sp³-hybridized carbons (Fsp3) is 0.375. The molecule has 0 saturated carbocycles. The lowest BCUT2D eigenvalue weighted by atomic mass is 10.2. The predicted molar refractivity (Wildman–Crippen MR) is 127 cm³/mol. The Hall–Kier alpha value is -2.92. The summed E-state index contributed by atoms with van der Waals surface area (Å²) >= 11 is 1.65. The van der Waals surface area contributed by atoms with Crippen LogP contribution in [0.1, 0.15) is 10.8 Å². The van der Waals surface area contributed by atoms with E-state index in [1.165, 1.54) is 6.07 Å². The number of fused-ring (bicyclic) bond motifs is 1. The number of ether oxygens (including phenoxy) is 1. The van der Waals surface area contributed by atoms with Gasteiger partial charge in [0, 0.05) is 38.8 Å². The molecular weight excluding hydrogens is 457 g/mol. The van der Waals surface area contributed by atoms with E-state index in [4.69, 9.17) is 9.26 Å². The monoisotopic (exact) mass is 483 g/mol. The number of rotatable bonds is 8. The van der Waals surface area contributed by atoms with Crippen LogP contribution in [0, 0.1) is 12.7 Å². The van der Waals surface area contributed by atoms with Gasteiger partial charge in [-0.2, -0.15) is 4.98 Å². The van der Waals surface area contributed by atoms with Crippen LogP contribution in [0.15, 0.2) is 47.0 Å². The van der Waals surface area contributed by atoms with E-state index in [9.17, 15) is 9.50 Å². The van der Waals surface area contributed by atoms with Gasteiger partial charge in [-0.15, -0.1) is 11.3 Å². The van der Waals surface area contributed by atoms with Crippen LogP contribution in [0.5, 0.6) is 5.75 Å². The number of halogens is 1. The Morgan fingerprint density at radius 2 is 1.91 bits per heavy atom. The summed E-state index contributed by atoms with van der Waals surface area (Å²) in [5, 5.41) is 15.5. The first kappa shape index (κ1) is 22.9. The lowest BCUT2D eigenvalue weighted by molar-refractivity contribution is 0.0440. The third kappa shape index (κ3) is 5.41. The fourth-order valence-electron chi connectivity index (χ4n) is 4.05. The Labute approximate surface area is 200 Å². The molecule has 1 N–H and O–H groups in total. The molecule has 1 atom stereocenters. The van der Waals surface area contributed by atoms with Gasteiger partial charge in [-0.3, -0.25) is 9.80 Å². The van der Waals surface area contributed by atoms with E-state index in [0.717, 1.165) is 47.2 Å². The van der Waals surface area contributed by atoms with Crippen LogP contribution in [-0.4, -0.2) is 75.5 Å². The molecule has 1 fully saturated rings. The van der Waals surface area contributed by atoms with Gasteiger partial charge in [0.05, 0.1) is 27.3 Å². The van der Waals surface area contributed by atoms with E-state index in [1.54, 1.807) is 29.5 Å². The van der Waals surface area contributed by atoms with Crippen molar-refractivity contribution in [1.82, 2.24) is 24.9 Å². The zero-order valence-electron chi connectivity index (χ0n) is 18.9. The number of hydrogen-bond donors (Lipinski definition) is 1. The Balaban J connectivity index is 1.06. The quantitative estimate of drug-likeness (QED) is 0.408. The van der Waals surface area contributed by atoms with Crippen molar-refractivity contribution >= 4 is 21.6 Å². The summed E-state index contributed by atoms with van der Waals surface area (Å²) in [7, 11) is 0. The van der Waals surface area contributed by atoms with Gasteiger partial charge < -0.3 is 14.4 Å². The van der Waals surface area contributed by atoms with E-state index in [1.807, 2.05) is 25.1 Å². The molecule has 2 aromatic carbocycles. The molecule has 0 aliphatic carbocycles. The third-order valence-electron chi connectivity index (χ3n) is 5.78. The number of aromatic nitrogens is 3. The summed E-state index contributed by atoms with van der Waals surface area (Å²) in [5.41, 5.74) is 1.23. The second-order valence-corrected chi connectivity index (χ2v) is 9.63. The number of β-amino-alcohol motifs (C(OH)–C–C–N with tert-alkyl or cyclic N) is 1. The SMILES string of the molecule is Cc1nc2cc(OC[C@H](O)CN3CCN(Cc4noc(-c5ccccc5F)n4)CC3)ccc2s1. The average molecular weight is 484 g/mol. The van der Waals surface area contributed by atoms with Crippen molar-refractivity contribution in [3.8, 4) is 17.2 Å². The number of aryl methyl sites for hydroxylation is 1. The van der Waals surface area contributed by atoms with Crippen molar-refractivity contribution < 1.29 is 18.8 Å². The highest BCUT2D eigenvalue weighted by Gasteiger charge is 2.22. The van der Waals surface area contributed by atoms with Crippen molar-refractivity contribution in [2.75, 3.05) is 39.3 Å². The first-order valence-corrected chi connectivity index (χ1v) is 12.1. The Kier molecular flexibility index (Phi) is 6.82. The van der Waals surface area contributed by atoms with Crippen molar-refractivity contribution in [2.24, 2.45) is 0 Å². The highest BCUT2D eigenvalue weighted by molar-refractivity contribution is 7.18. The van der Waals surface area contributed by atoms with Gasteiger partial charge in [0.25, 0.3) is 5.89 Å². The smallest absolute Gasteiger partial charge is 0.260 e. The molecule has 0 amide bonds. The number of nitrogens with zero attached hydrogens (tertiary/aromatic N) is 5. The molecule has 0 spiro atoms. The zero-order chi connectivity index (χ0) is 23.5. The molecule has 0 radical (unpaired) electrons. The van der Waals surface area contributed by atoms with Crippen LogP contribution in [-0.2, 0) is 6.54 Å². The van der Waals surface area contributed by atoms with Gasteiger partial charge in [0.2, 0.25) is 0 Å². The maximum absolute atomic E-state index is 13.9. The van der Waals surface area contributed by atoms with Crippen molar-refractivity contribution in [3.63, 3.8) is 0 Å². The minimum absolute atomic E-state index is 0.193. The number of benzene rings is 2. The highest BCUT2D eigenvalue weighted by atomic mass is 32.1. The van der Waals surface area contributed by atoms with Crippen LogP contribution in [0.2, 0.25) is 0 Å². The minimum atomic E-state index is -0.583. The number of hydrogen-bond acceptors (Lipinski definition) is 9. The molecular formula is C24H26FN5O3S. The molecule has 10 heteroatoms. The summed E-state index contributed by atoms with van der Waals surface area (Å²) in [6.45, 7) is 6.57. The Morgan fingerprint density at radius 3 is 2.74 bits per heavy atom. The van der Waals surface area contributed by atoms with Gasteiger partial charge in [-0.05, 0) is 31.2 Å². The summed E-state index contributed by atoms with van der Waals surface area (Å²) in [5.74, 6) is 1.07. The zero-order valence-corrected chi connectivity index (χ0v) is 19.7. The second kappa shape index (κ2) is 10.1. The predicted octanol–water partition coefficient (Wildman–Crippen LogP) is 3.35. The Morgan fingerprint density at radius 1 is 1.12 bits per heavy atom. The average Bonchev–Trinajstić information content (AvgIpc) is 3.44. The first-order valence-electron chi connectivity index (χ1n) is 11.2. The number of piperazine rings is 1. The molecule has 5 rings (SSSR count). The normalized spacial score (nSPS) is 16.2. The molecule has 4 aromatic rings. The summed E-state index contributed by atoms with van der Waals surface area (Å²) < 4.78 is 26.1. The van der Waals surface area contributed by atoms with Crippen LogP contribution < -0.4 is 4.74 Å². The molecule has 1 aliphatic heterocycles. The van der Waals surface area contributed by atoms with Crippen LogP contribution in [0.25, 0.3) is 21.7 Å². The van der Waals surface area contributed by atoms with E-state index >= 15 is 0 Å². The van der Waals surface area contributed by atoms with E-state index in [2.05, 4.69) is 24.9 Å². The van der Waals surface area contributed by atoms with Crippen molar-refractivity contribution in [2.45, 2.75) is 19.6 Å². The van der Waals surface area contributed by atoms with Gasteiger partial charge in [0.1, 0.15) is 24.3 Å². The molecule has 8 nitrogen and oxygen atoms in total. The topological polar surface area (TPSA) is 87.8 Å². The maximum Gasteiger partial charge on any atom is 0.260 e. The molecule has 34 heavy (non-hydrogen) atoms. The lowest BCUT2D eigenvalue weighted by Crippen LogP contribution is -2.48. The van der Waals surface area contributed by atoms with E-state index in [0.29, 0.717) is 24.5 Å². The summed E-state index contributed by atoms with van der Waals surface area (Å²) in [6, 6.07) is 12.2. The minimum Gasteiger partial charge on any atom is -0.491 e. The maximum atomic E-state index is 13.9. The molecule has 1 saturated heterocycles. The lowest BCUT2D eigenvalue weighted by Gasteiger charge is -2.34. The second-order valence-electron chi connectivity index (χ2n) is 8.40. The van der Waals surface area contributed by atoms with E-state index in [-0.39, 0.29) is 18.3 Å². The summed E-state index contributed by atoms with van der Waals surface area (Å²) in [4.78, 5) is 13.3. The van der Waals surface area contributed by atoms with Crippen molar-refractivity contribution in [3.05, 3.63) is 59.1 Å². The third-order valence-corrected chi connectivity index (χ3v) is 6.73. The summed E-state index contributed by atoms with van der Waals surface area (Å²) in [6.07, 6.45) is -0.583. The van der Waals surface area contributed by atoms with Crippen LogP contribution >= 0.6 is 11.3 Å². The number of aliphatic hydroxyl groups is 1. The largest absolute Gasteiger partial charge is 0.491 e. The van der Waals surface area contributed by atoms with Gasteiger partial charge in [-0.25, -0.2) is 9.37 Å². The van der Waals surface area contributed by atoms with E-state index < -0.39 is 6.10 Å². The van der Waals surface area contributed by atoms with Crippen molar-refractivity contribution in [1.29, 1.82) is 0 Å². The van der Waals surface area contributed by atoms with Gasteiger partial charge in [-0.1, -0.05) is 17.3 Å². The molecule has 3 heterocycles. The highest BCUT2D eigenvalue weighted by Crippen LogP contribution is 2.25. The van der Waals surface area contributed by atoms with Gasteiger partial charge >= 0.3 is 0 Å². The fourth-order valence-corrected chi connectivity index (χ4v) is 4.86. The molecule has 2 aromatic heterocycles. The number of thiazole rings is 1. The molecule has 1 aliphatic rings. The first-order chi connectivity index (χ1) is 16.5. The Bertz CT molecular complexity index is 1250. The molecule has 178 valence electrons. The van der Waals surface area contributed by atoms with Gasteiger partial charge in [0.15, 0.2) is 5.82 Å². The molecule has 0 bridgehead atoms.